The first-order valence-corrected chi connectivity index (χ1v) is 10.7. The largest absolute Gasteiger partial charge is 0.477 e. The molecule has 2 N–H and O–H groups in total. The Balaban J connectivity index is 1.26. The summed E-state index contributed by atoms with van der Waals surface area (Å²) in [5, 5.41) is 20.1. The Morgan fingerprint density at radius 3 is 2.82 bits per heavy atom. The van der Waals surface area contributed by atoms with Crippen LogP contribution in [0.25, 0.3) is 0 Å². The average molecular weight is 456 g/mol. The van der Waals surface area contributed by atoms with Crippen LogP contribution < -0.4 is 19.9 Å². The maximum atomic E-state index is 13.1. The lowest BCUT2D eigenvalue weighted by Gasteiger charge is -2.35. The van der Waals surface area contributed by atoms with Gasteiger partial charge in [0.2, 0.25) is 5.88 Å². The molecule has 12 heteroatoms. The number of nitrogens with one attached hydrogen (secondary N) is 1. The van der Waals surface area contributed by atoms with Crippen molar-refractivity contribution in [3.05, 3.63) is 30.0 Å². The number of aromatic carboxylic acids is 1. The van der Waals surface area contributed by atoms with Crippen LogP contribution in [0.15, 0.2) is 24.3 Å². The number of pyridine rings is 1. The van der Waals surface area contributed by atoms with Crippen LogP contribution in [0, 0.1) is 0 Å². The molecule has 0 aromatic carbocycles. The molecule has 0 saturated carbocycles. The third-order valence-corrected chi connectivity index (χ3v) is 5.75. The fourth-order valence-electron chi connectivity index (χ4n) is 4.25. The molecule has 174 valence electrons. The van der Waals surface area contributed by atoms with Crippen molar-refractivity contribution in [3.63, 3.8) is 0 Å². The summed E-state index contributed by atoms with van der Waals surface area (Å²) in [5.74, 6) is -0.910. The number of carbonyl (C=O) groups is 2. The molecule has 12 nitrogen and oxygen atoms in total. The minimum absolute atomic E-state index is 0.109. The maximum Gasteiger partial charge on any atom is 0.354 e. The minimum atomic E-state index is -1.15. The van der Waals surface area contributed by atoms with Crippen LogP contribution >= 0.6 is 0 Å². The molecule has 2 atom stereocenters. The smallest absolute Gasteiger partial charge is 0.354 e. The lowest BCUT2D eigenvalue weighted by atomic mass is 10.2. The molecule has 0 radical (unpaired) electrons. The van der Waals surface area contributed by atoms with E-state index in [0.29, 0.717) is 24.8 Å². The van der Waals surface area contributed by atoms with E-state index in [1.807, 2.05) is 13.8 Å². The number of aromatic nitrogens is 3. The van der Waals surface area contributed by atoms with E-state index in [9.17, 15) is 14.7 Å². The SMILES string of the molecule is CC1(C)OC[C@@H](COc2ccc(NC(=O)N3c4nc(C(=O)O)ccc4N4CC[C@H]3C4)nn2)O1. The Morgan fingerprint density at radius 2 is 2.12 bits per heavy atom. The predicted molar refractivity (Wildman–Crippen MR) is 116 cm³/mol. The van der Waals surface area contributed by atoms with Gasteiger partial charge in [-0.25, -0.2) is 14.6 Å². The van der Waals surface area contributed by atoms with Crippen LogP contribution in [0.3, 0.4) is 0 Å². The number of carboxylic acid groups (broad SMARTS) is 1. The summed E-state index contributed by atoms with van der Waals surface area (Å²) in [7, 11) is 0. The molecule has 2 bridgehead atoms. The number of rotatable bonds is 5. The first-order valence-electron chi connectivity index (χ1n) is 10.7. The molecule has 0 spiro atoms. The topological polar surface area (TPSA) is 139 Å². The second-order valence-electron chi connectivity index (χ2n) is 8.55. The Morgan fingerprint density at radius 1 is 1.27 bits per heavy atom. The summed E-state index contributed by atoms with van der Waals surface area (Å²) in [6.45, 7) is 5.81. The summed E-state index contributed by atoms with van der Waals surface area (Å²) in [6.07, 6.45) is 0.559. The van der Waals surface area contributed by atoms with Gasteiger partial charge in [-0.1, -0.05) is 0 Å². The normalized spacial score (nSPS) is 22.7. The number of nitrogens with zero attached hydrogens (tertiary/aromatic N) is 5. The number of hydrogen-bond acceptors (Lipinski definition) is 9. The molecular formula is C21H24N6O6. The highest BCUT2D eigenvalue weighted by atomic mass is 16.7. The second-order valence-corrected chi connectivity index (χ2v) is 8.55. The van der Waals surface area contributed by atoms with E-state index in [4.69, 9.17) is 14.2 Å². The molecule has 2 aromatic rings. The molecule has 3 aliphatic heterocycles. The van der Waals surface area contributed by atoms with Crippen molar-refractivity contribution in [2.24, 2.45) is 0 Å². The van der Waals surface area contributed by atoms with E-state index in [1.54, 1.807) is 18.2 Å². The number of amides is 2. The van der Waals surface area contributed by atoms with Gasteiger partial charge in [-0.05, 0) is 38.5 Å². The molecule has 2 aromatic heterocycles. The van der Waals surface area contributed by atoms with Gasteiger partial charge in [0, 0.05) is 19.2 Å². The third-order valence-electron chi connectivity index (χ3n) is 5.75. The minimum Gasteiger partial charge on any atom is -0.477 e. The number of fused-ring (bicyclic) bond motifs is 4. The number of anilines is 3. The number of urea groups is 1. The molecule has 2 fully saturated rings. The zero-order chi connectivity index (χ0) is 23.2. The Kier molecular flexibility index (Phi) is 5.25. The monoisotopic (exact) mass is 456 g/mol. The second kappa shape index (κ2) is 8.12. The third kappa shape index (κ3) is 4.26. The van der Waals surface area contributed by atoms with Gasteiger partial charge in [0.15, 0.2) is 23.1 Å². The molecule has 5 heterocycles. The highest BCUT2D eigenvalue weighted by Crippen LogP contribution is 2.39. The number of hydrogen-bond donors (Lipinski definition) is 2. The van der Waals surface area contributed by atoms with Crippen LogP contribution in [0.1, 0.15) is 30.8 Å². The molecular weight excluding hydrogens is 432 g/mol. The summed E-state index contributed by atoms with van der Waals surface area (Å²) in [5.41, 5.74) is 0.621. The van der Waals surface area contributed by atoms with Crippen LogP contribution in [0.2, 0.25) is 0 Å². The first-order chi connectivity index (χ1) is 15.8. The summed E-state index contributed by atoms with van der Waals surface area (Å²) in [4.78, 5) is 32.4. The van der Waals surface area contributed by atoms with E-state index in [-0.39, 0.29) is 30.3 Å². The van der Waals surface area contributed by atoms with Gasteiger partial charge >= 0.3 is 12.0 Å². The zero-order valence-corrected chi connectivity index (χ0v) is 18.2. The van der Waals surface area contributed by atoms with E-state index in [2.05, 4.69) is 25.4 Å². The molecule has 2 amide bonds. The van der Waals surface area contributed by atoms with Crippen LogP contribution in [0.4, 0.5) is 22.1 Å². The number of carbonyl (C=O) groups excluding carboxylic acids is 1. The number of carboxylic acids is 1. The van der Waals surface area contributed by atoms with Gasteiger partial charge in [-0.3, -0.25) is 10.2 Å². The molecule has 0 aliphatic carbocycles. The molecule has 0 unspecified atom stereocenters. The van der Waals surface area contributed by atoms with Crippen molar-refractivity contribution in [2.45, 2.75) is 38.2 Å². The summed E-state index contributed by atoms with van der Waals surface area (Å²) < 4.78 is 16.8. The Hall–Kier alpha value is -3.51. The summed E-state index contributed by atoms with van der Waals surface area (Å²) in [6, 6.07) is 5.78. The van der Waals surface area contributed by atoms with Crippen LogP contribution in [-0.2, 0) is 9.47 Å². The van der Waals surface area contributed by atoms with Gasteiger partial charge in [0.1, 0.15) is 12.7 Å². The van der Waals surface area contributed by atoms with Crippen molar-refractivity contribution in [3.8, 4) is 5.88 Å². The Bertz CT molecular complexity index is 1080. The van der Waals surface area contributed by atoms with Crippen LogP contribution in [-0.4, -0.2) is 76.5 Å². The van der Waals surface area contributed by atoms with Crippen molar-refractivity contribution in [1.29, 1.82) is 0 Å². The maximum absolute atomic E-state index is 13.1. The fourth-order valence-corrected chi connectivity index (χ4v) is 4.25. The van der Waals surface area contributed by atoms with Gasteiger partial charge in [-0.2, -0.15) is 0 Å². The van der Waals surface area contributed by atoms with E-state index in [0.717, 1.165) is 18.7 Å². The number of ether oxygens (including phenoxy) is 3. The molecule has 33 heavy (non-hydrogen) atoms. The average Bonchev–Trinajstić information content (AvgIpc) is 3.36. The molecule has 5 rings (SSSR count). The Labute approximate surface area is 189 Å². The van der Waals surface area contributed by atoms with Crippen molar-refractivity contribution in [2.75, 3.05) is 41.4 Å². The van der Waals surface area contributed by atoms with Gasteiger partial charge in [0.25, 0.3) is 0 Å². The molecule has 3 aliphatic rings. The predicted octanol–water partition coefficient (Wildman–Crippen LogP) is 1.73. The van der Waals surface area contributed by atoms with Gasteiger partial charge in [-0.15, -0.1) is 10.2 Å². The van der Waals surface area contributed by atoms with Gasteiger partial charge in [0.05, 0.1) is 18.3 Å². The van der Waals surface area contributed by atoms with Crippen LogP contribution in [0.5, 0.6) is 5.88 Å². The van der Waals surface area contributed by atoms with E-state index < -0.39 is 17.8 Å². The lowest BCUT2D eigenvalue weighted by molar-refractivity contribution is -0.141. The van der Waals surface area contributed by atoms with Crippen molar-refractivity contribution in [1.82, 2.24) is 15.2 Å². The lowest BCUT2D eigenvalue weighted by Crippen LogP contribution is -2.48. The van der Waals surface area contributed by atoms with E-state index >= 15 is 0 Å². The quantitative estimate of drug-likeness (QED) is 0.684. The first kappa shape index (κ1) is 21.3. The molecule has 2 saturated heterocycles. The highest BCUT2D eigenvalue weighted by Gasteiger charge is 2.40. The van der Waals surface area contributed by atoms with Crippen molar-refractivity contribution < 1.29 is 28.9 Å². The van der Waals surface area contributed by atoms with Crippen molar-refractivity contribution >= 4 is 29.3 Å². The zero-order valence-electron chi connectivity index (χ0n) is 18.2. The van der Waals surface area contributed by atoms with E-state index in [1.165, 1.54) is 11.0 Å². The highest BCUT2D eigenvalue weighted by molar-refractivity contribution is 6.04. The fraction of sp³-hybridized carbons (Fsp3) is 0.476. The standard InChI is InChI=1S/C21H24N6O6/c1-21(2)32-11-13(33-21)10-31-17-6-5-16(24-25-17)23-20(30)27-12-7-8-26(9-12)15-4-3-14(19(28)29)22-18(15)27/h3-6,12-13H,7-11H2,1-2H3,(H,28,29)(H,23,24,30)/t12-,13+/m0/s1. The summed E-state index contributed by atoms with van der Waals surface area (Å²) >= 11 is 0. The van der Waals surface area contributed by atoms with Gasteiger partial charge < -0.3 is 24.2 Å².